The Morgan fingerprint density at radius 2 is 0.880 bits per heavy atom. The zero-order chi connectivity index (χ0) is 20.7. The SMILES string of the molecule is C/C=C/[CH2][Sn-]([F])([F])([N]([Si](C)(C)C)[Si](C)(C)C)[N]([Si](C)(C)C)[Si](C)(C)C. The summed E-state index contributed by atoms with van der Waals surface area (Å²) in [6.45, 7) is 27.4. The first-order valence-electron chi connectivity index (χ1n) is 9.39. The van der Waals surface area contributed by atoms with E-state index in [2.05, 4.69) is 78.6 Å². The van der Waals surface area contributed by atoms with E-state index in [4.69, 9.17) is 0 Å². The van der Waals surface area contributed by atoms with Gasteiger partial charge in [0.15, 0.2) is 0 Å². The van der Waals surface area contributed by atoms with Crippen molar-refractivity contribution in [2.24, 2.45) is 0 Å². The van der Waals surface area contributed by atoms with Crippen LogP contribution in [0.15, 0.2) is 12.2 Å². The van der Waals surface area contributed by atoms with Gasteiger partial charge in [0.2, 0.25) is 0 Å². The number of hydrogen-bond acceptors (Lipinski definition) is 2. The topological polar surface area (TPSA) is 6.48 Å². The third-order valence-electron chi connectivity index (χ3n) is 4.23. The van der Waals surface area contributed by atoms with E-state index in [1.807, 2.05) is 17.9 Å². The number of hydrogen-bond donors (Lipinski definition) is 0. The van der Waals surface area contributed by atoms with Crippen molar-refractivity contribution in [1.29, 1.82) is 0 Å². The van der Waals surface area contributed by atoms with Crippen molar-refractivity contribution in [3.05, 3.63) is 12.2 Å². The summed E-state index contributed by atoms with van der Waals surface area (Å²) in [5.74, 6) is 0. The van der Waals surface area contributed by atoms with Gasteiger partial charge in [-0.2, -0.15) is 0 Å². The first-order chi connectivity index (χ1) is 10.6. The van der Waals surface area contributed by atoms with Crippen LogP contribution in [0.5, 0.6) is 0 Å². The summed E-state index contributed by atoms with van der Waals surface area (Å²) in [5, 5.41) is 0. The molecule has 0 aromatic heterocycles. The summed E-state index contributed by atoms with van der Waals surface area (Å²) < 4.78 is 38.8. The van der Waals surface area contributed by atoms with Crippen molar-refractivity contribution >= 4 is 51.6 Å². The van der Waals surface area contributed by atoms with Crippen LogP contribution in [0.25, 0.3) is 0 Å². The number of allylic oxidation sites excluding steroid dienone is 2. The molecule has 0 atom stereocenters. The molecule has 0 heterocycles. The van der Waals surface area contributed by atoms with Gasteiger partial charge in [-0.3, -0.25) is 0 Å². The van der Waals surface area contributed by atoms with Crippen LogP contribution < -0.4 is 0 Å². The zero-order valence-corrected chi connectivity index (χ0v) is 25.9. The summed E-state index contributed by atoms with van der Waals surface area (Å²) in [4.78, 5) is 0. The minimum atomic E-state index is -6.41. The molecule has 0 unspecified atom stereocenters. The Morgan fingerprint density at radius 3 is 1.04 bits per heavy atom. The molecular formula is C16H43F2N2Si4Sn-. The van der Waals surface area contributed by atoms with Crippen molar-refractivity contribution in [1.82, 2.24) is 4.91 Å². The average molecular weight is 533 g/mol. The van der Waals surface area contributed by atoms with Gasteiger partial charge in [-0.05, 0) is 0 Å². The second kappa shape index (κ2) is 7.55. The van der Waals surface area contributed by atoms with Gasteiger partial charge < -0.3 is 0 Å². The molecule has 0 aliphatic carbocycles. The molecule has 2 nitrogen and oxygen atoms in total. The first kappa shape index (κ1) is 26.2. The Bertz CT molecular complexity index is 436. The molecule has 0 bridgehead atoms. The van der Waals surface area contributed by atoms with Gasteiger partial charge in [0.25, 0.3) is 0 Å². The molecule has 0 radical (unpaired) electrons. The summed E-state index contributed by atoms with van der Waals surface area (Å²) >= 11 is -6.41. The fourth-order valence-electron chi connectivity index (χ4n) is 5.17. The van der Waals surface area contributed by atoms with E-state index in [0.717, 1.165) is 0 Å². The van der Waals surface area contributed by atoms with Crippen LogP contribution in [0.4, 0.5) is 5.73 Å². The van der Waals surface area contributed by atoms with Crippen LogP contribution in [-0.2, 0) is 0 Å². The number of halogens is 2. The molecule has 0 N–H and O–H groups in total. The Morgan fingerprint density at radius 1 is 0.640 bits per heavy atom. The van der Waals surface area contributed by atoms with Gasteiger partial charge in [0.1, 0.15) is 0 Å². The van der Waals surface area contributed by atoms with E-state index in [1.54, 1.807) is 6.08 Å². The van der Waals surface area contributed by atoms with Crippen molar-refractivity contribution < 1.29 is 5.73 Å². The predicted octanol–water partition coefficient (Wildman–Crippen LogP) is 6.83. The molecule has 0 spiro atoms. The molecule has 0 saturated heterocycles. The third-order valence-corrected chi connectivity index (χ3v) is 59.6. The van der Waals surface area contributed by atoms with E-state index in [9.17, 15) is 0 Å². The Labute approximate surface area is 163 Å². The van der Waals surface area contributed by atoms with Crippen molar-refractivity contribution in [3.8, 4) is 0 Å². The van der Waals surface area contributed by atoms with Gasteiger partial charge in [0, 0.05) is 0 Å². The van der Waals surface area contributed by atoms with E-state index < -0.39 is 51.6 Å². The van der Waals surface area contributed by atoms with Crippen LogP contribution in [0.3, 0.4) is 0 Å². The van der Waals surface area contributed by atoms with E-state index in [-0.39, 0.29) is 4.44 Å². The normalized spacial score (nSPS) is 17.4. The molecular weight excluding hydrogens is 489 g/mol. The second-order valence-electron chi connectivity index (χ2n) is 11.2. The van der Waals surface area contributed by atoms with Gasteiger partial charge in [-0.1, -0.05) is 0 Å². The van der Waals surface area contributed by atoms with E-state index >= 15 is 5.73 Å². The molecule has 25 heavy (non-hydrogen) atoms. The van der Waals surface area contributed by atoms with Gasteiger partial charge >= 0.3 is 164 Å². The molecule has 0 aromatic carbocycles. The average Bonchev–Trinajstić information content (AvgIpc) is 2.15. The van der Waals surface area contributed by atoms with Crippen molar-refractivity contribution in [2.75, 3.05) is 0 Å². The van der Waals surface area contributed by atoms with E-state index in [0.29, 0.717) is 0 Å². The standard InChI is InChI=1S/2C6H18NSi2.C4H7.2FH.Sn/c2*1-8(2,3)7-9(4,5)6;1-3-4-2;;;/h2*1-6H3;3-4H,1H2,2H3;2*1H;/q2*-1;;;;+3/p-2/b;;4-3+;;;. The summed E-state index contributed by atoms with van der Waals surface area (Å²) in [6.07, 6.45) is 3.59. The Kier molecular flexibility index (Phi) is 7.90. The predicted molar refractivity (Wildman–Crippen MR) is 125 cm³/mol. The van der Waals surface area contributed by atoms with Crippen LogP contribution >= 0.6 is 0 Å². The Hall–Kier alpha value is 1.19. The Balaban J connectivity index is 7.09. The van der Waals surface area contributed by atoms with Crippen molar-refractivity contribution in [2.45, 2.75) is 89.9 Å². The number of rotatable bonds is 8. The molecule has 0 fully saturated rings. The fraction of sp³-hybridized carbons (Fsp3) is 0.875. The number of nitrogens with zero attached hydrogens (tertiary/aromatic N) is 2. The summed E-state index contributed by atoms with van der Waals surface area (Å²) in [5.41, 5.74) is 0. The zero-order valence-electron chi connectivity index (χ0n) is 19.0. The fourth-order valence-corrected chi connectivity index (χ4v) is 81.5. The summed E-state index contributed by atoms with van der Waals surface area (Å²) in [6, 6.07) is 0. The molecule has 0 amide bonds. The van der Waals surface area contributed by atoms with Crippen molar-refractivity contribution in [3.63, 3.8) is 0 Å². The molecule has 0 rings (SSSR count). The van der Waals surface area contributed by atoms with Crippen LogP contribution in [0.1, 0.15) is 6.92 Å². The molecule has 0 aliphatic heterocycles. The summed E-state index contributed by atoms with van der Waals surface area (Å²) in [7, 11) is -8.77. The van der Waals surface area contributed by atoms with Crippen LogP contribution in [0.2, 0.25) is 83.0 Å². The van der Waals surface area contributed by atoms with Gasteiger partial charge in [0.05, 0.1) is 0 Å². The van der Waals surface area contributed by atoms with Gasteiger partial charge in [-0.25, -0.2) is 0 Å². The second-order valence-corrected chi connectivity index (χ2v) is 46.3. The maximum atomic E-state index is 17.5. The molecule has 152 valence electrons. The molecule has 0 saturated carbocycles. The van der Waals surface area contributed by atoms with Gasteiger partial charge in [-0.15, -0.1) is 0 Å². The quantitative estimate of drug-likeness (QED) is 0.250. The van der Waals surface area contributed by atoms with Crippen LogP contribution in [-0.4, -0.2) is 56.5 Å². The van der Waals surface area contributed by atoms with Crippen LogP contribution in [0, 0.1) is 0 Å². The molecule has 0 aliphatic rings. The third kappa shape index (κ3) is 6.08. The van der Waals surface area contributed by atoms with E-state index in [1.165, 1.54) is 0 Å². The minimum absolute atomic E-state index is 0.0130. The monoisotopic (exact) mass is 533 g/mol. The maximum absolute atomic E-state index is 17.5. The first-order valence-corrected chi connectivity index (χ1v) is 29.9. The molecule has 0 aromatic rings. The molecule has 9 heteroatoms.